The van der Waals surface area contributed by atoms with Crippen molar-refractivity contribution >= 4 is 31.9 Å². The van der Waals surface area contributed by atoms with Crippen molar-refractivity contribution in [2.75, 3.05) is 6.54 Å². The SMILES string of the molecule is CCCNC(Cc1cc(F)ccc1Br)c1ccc(Br)o1. The molecule has 0 saturated heterocycles. The summed E-state index contributed by atoms with van der Waals surface area (Å²) in [7, 11) is 0. The van der Waals surface area contributed by atoms with E-state index >= 15 is 0 Å². The zero-order valence-corrected chi connectivity index (χ0v) is 14.3. The summed E-state index contributed by atoms with van der Waals surface area (Å²) >= 11 is 6.79. The van der Waals surface area contributed by atoms with Gasteiger partial charge in [0.15, 0.2) is 4.67 Å². The maximum Gasteiger partial charge on any atom is 0.169 e. The second-order valence-electron chi connectivity index (χ2n) is 4.59. The lowest BCUT2D eigenvalue weighted by molar-refractivity contribution is 0.399. The summed E-state index contributed by atoms with van der Waals surface area (Å²) in [6.45, 7) is 3.00. The minimum atomic E-state index is -0.224. The highest BCUT2D eigenvalue weighted by Gasteiger charge is 2.17. The van der Waals surface area contributed by atoms with Gasteiger partial charge in [0, 0.05) is 4.47 Å². The minimum absolute atomic E-state index is 0.0272. The Kier molecular flexibility index (Phi) is 5.81. The van der Waals surface area contributed by atoms with Crippen LogP contribution in [0.2, 0.25) is 0 Å². The summed E-state index contributed by atoms with van der Waals surface area (Å²) in [5.74, 6) is 0.625. The Bertz CT molecular complexity index is 571. The molecule has 1 unspecified atom stereocenters. The van der Waals surface area contributed by atoms with Gasteiger partial charge in [-0.2, -0.15) is 0 Å². The van der Waals surface area contributed by atoms with Gasteiger partial charge in [0.05, 0.1) is 6.04 Å². The number of nitrogens with one attached hydrogen (secondary N) is 1. The largest absolute Gasteiger partial charge is 0.453 e. The number of benzene rings is 1. The van der Waals surface area contributed by atoms with Crippen LogP contribution in [0, 0.1) is 5.82 Å². The Morgan fingerprint density at radius 1 is 1.25 bits per heavy atom. The van der Waals surface area contributed by atoms with E-state index in [1.165, 1.54) is 6.07 Å². The lowest BCUT2D eigenvalue weighted by Crippen LogP contribution is -2.23. The first-order valence-electron chi connectivity index (χ1n) is 6.52. The zero-order chi connectivity index (χ0) is 14.5. The summed E-state index contributed by atoms with van der Waals surface area (Å²) < 4.78 is 20.6. The van der Waals surface area contributed by atoms with Gasteiger partial charge in [-0.05, 0) is 71.2 Å². The molecule has 0 spiro atoms. The van der Waals surface area contributed by atoms with Gasteiger partial charge in [0.25, 0.3) is 0 Å². The predicted octanol–water partition coefficient (Wildman–Crippen LogP) is 5.23. The lowest BCUT2D eigenvalue weighted by atomic mass is 10.0. The first-order valence-corrected chi connectivity index (χ1v) is 8.11. The van der Waals surface area contributed by atoms with Crippen LogP contribution in [-0.2, 0) is 6.42 Å². The first-order chi connectivity index (χ1) is 9.60. The van der Waals surface area contributed by atoms with Crippen LogP contribution < -0.4 is 5.32 Å². The molecule has 0 aliphatic rings. The summed E-state index contributed by atoms with van der Waals surface area (Å²) in [5.41, 5.74) is 0.922. The van der Waals surface area contributed by atoms with Gasteiger partial charge in [-0.25, -0.2) is 4.39 Å². The van der Waals surface area contributed by atoms with Crippen LogP contribution in [0.3, 0.4) is 0 Å². The van der Waals surface area contributed by atoms with Crippen molar-refractivity contribution in [2.45, 2.75) is 25.8 Å². The molecule has 1 aromatic carbocycles. The van der Waals surface area contributed by atoms with Crippen molar-refractivity contribution in [2.24, 2.45) is 0 Å². The van der Waals surface area contributed by atoms with Crippen LogP contribution in [0.4, 0.5) is 4.39 Å². The van der Waals surface area contributed by atoms with Crippen molar-refractivity contribution in [3.63, 3.8) is 0 Å². The molecule has 108 valence electrons. The summed E-state index contributed by atoms with van der Waals surface area (Å²) in [6.07, 6.45) is 1.70. The van der Waals surface area contributed by atoms with Gasteiger partial charge < -0.3 is 9.73 Å². The van der Waals surface area contributed by atoms with E-state index in [4.69, 9.17) is 4.42 Å². The van der Waals surface area contributed by atoms with E-state index in [0.717, 1.165) is 28.8 Å². The fraction of sp³-hybridized carbons (Fsp3) is 0.333. The zero-order valence-electron chi connectivity index (χ0n) is 11.1. The van der Waals surface area contributed by atoms with Crippen LogP contribution in [0.25, 0.3) is 0 Å². The van der Waals surface area contributed by atoms with E-state index in [2.05, 4.69) is 44.1 Å². The van der Waals surface area contributed by atoms with Gasteiger partial charge in [0.1, 0.15) is 11.6 Å². The molecule has 0 fully saturated rings. The van der Waals surface area contributed by atoms with Crippen LogP contribution in [-0.4, -0.2) is 6.54 Å². The highest BCUT2D eigenvalue weighted by atomic mass is 79.9. The standard InChI is InChI=1S/C15H16Br2FNO/c1-2-7-19-13(14-5-6-15(17)20-14)9-10-8-11(18)3-4-12(10)16/h3-6,8,13,19H,2,7,9H2,1H3. The maximum atomic E-state index is 13.4. The van der Waals surface area contributed by atoms with Gasteiger partial charge in [-0.15, -0.1) is 0 Å². The van der Waals surface area contributed by atoms with Crippen LogP contribution in [0.5, 0.6) is 0 Å². The molecule has 2 rings (SSSR count). The summed E-state index contributed by atoms with van der Waals surface area (Å²) in [6, 6.07) is 8.58. The molecule has 0 bridgehead atoms. The fourth-order valence-corrected chi connectivity index (χ4v) is 2.75. The minimum Gasteiger partial charge on any atom is -0.453 e. The van der Waals surface area contributed by atoms with Crippen LogP contribution >= 0.6 is 31.9 Å². The predicted molar refractivity (Wildman–Crippen MR) is 85.2 cm³/mol. The Balaban J connectivity index is 2.21. The average molecular weight is 405 g/mol. The van der Waals surface area contributed by atoms with E-state index < -0.39 is 0 Å². The van der Waals surface area contributed by atoms with E-state index in [0.29, 0.717) is 11.1 Å². The van der Waals surface area contributed by atoms with Gasteiger partial charge in [0.2, 0.25) is 0 Å². The molecule has 0 radical (unpaired) electrons. The number of hydrogen-bond donors (Lipinski definition) is 1. The summed E-state index contributed by atoms with van der Waals surface area (Å²) in [5, 5.41) is 3.44. The summed E-state index contributed by atoms with van der Waals surface area (Å²) in [4.78, 5) is 0. The highest BCUT2D eigenvalue weighted by molar-refractivity contribution is 9.10. The molecule has 5 heteroatoms. The third kappa shape index (κ3) is 4.17. The normalized spacial score (nSPS) is 12.6. The molecule has 1 N–H and O–H groups in total. The molecule has 0 aliphatic carbocycles. The lowest BCUT2D eigenvalue weighted by Gasteiger charge is -2.17. The molecule has 1 atom stereocenters. The van der Waals surface area contributed by atoms with Gasteiger partial charge in [-0.1, -0.05) is 22.9 Å². The molecule has 20 heavy (non-hydrogen) atoms. The molecule has 2 nitrogen and oxygen atoms in total. The average Bonchev–Trinajstić information content (AvgIpc) is 2.85. The van der Waals surface area contributed by atoms with Crippen molar-refractivity contribution in [3.8, 4) is 0 Å². The van der Waals surface area contributed by atoms with E-state index in [-0.39, 0.29) is 11.9 Å². The quantitative estimate of drug-likeness (QED) is 0.713. The second kappa shape index (κ2) is 7.38. The highest BCUT2D eigenvalue weighted by Crippen LogP contribution is 2.27. The second-order valence-corrected chi connectivity index (χ2v) is 6.22. The molecular formula is C15H16Br2FNO. The maximum absolute atomic E-state index is 13.4. The topological polar surface area (TPSA) is 25.2 Å². The fourth-order valence-electron chi connectivity index (χ4n) is 2.03. The Morgan fingerprint density at radius 3 is 2.70 bits per heavy atom. The van der Waals surface area contributed by atoms with Gasteiger partial charge >= 0.3 is 0 Å². The smallest absolute Gasteiger partial charge is 0.169 e. The van der Waals surface area contributed by atoms with Crippen LogP contribution in [0.15, 0.2) is 43.9 Å². The van der Waals surface area contributed by atoms with Crippen molar-refractivity contribution < 1.29 is 8.81 Å². The Labute approximate surface area is 135 Å². The molecule has 0 amide bonds. The van der Waals surface area contributed by atoms with Crippen molar-refractivity contribution in [3.05, 3.63) is 56.6 Å². The van der Waals surface area contributed by atoms with Crippen molar-refractivity contribution in [1.82, 2.24) is 5.32 Å². The third-order valence-corrected chi connectivity index (χ3v) is 4.21. The molecule has 0 saturated carbocycles. The number of halogens is 3. The molecule has 1 heterocycles. The Morgan fingerprint density at radius 2 is 2.05 bits per heavy atom. The van der Waals surface area contributed by atoms with E-state index in [1.807, 2.05) is 12.1 Å². The molecule has 0 aliphatic heterocycles. The number of furan rings is 1. The van der Waals surface area contributed by atoms with Gasteiger partial charge in [-0.3, -0.25) is 0 Å². The molecule has 1 aromatic heterocycles. The van der Waals surface area contributed by atoms with Crippen LogP contribution in [0.1, 0.15) is 30.7 Å². The Hall–Kier alpha value is -0.650. The monoisotopic (exact) mass is 403 g/mol. The van der Waals surface area contributed by atoms with Crippen molar-refractivity contribution in [1.29, 1.82) is 0 Å². The first kappa shape index (κ1) is 15.7. The number of rotatable bonds is 6. The third-order valence-electron chi connectivity index (χ3n) is 3.01. The van der Waals surface area contributed by atoms with E-state index in [1.54, 1.807) is 12.1 Å². The molecular weight excluding hydrogens is 389 g/mol. The van der Waals surface area contributed by atoms with E-state index in [9.17, 15) is 4.39 Å². The number of hydrogen-bond acceptors (Lipinski definition) is 2. The molecule has 2 aromatic rings.